The molecule has 11 heteroatoms. The van der Waals surface area contributed by atoms with Gasteiger partial charge < -0.3 is 21.7 Å². The predicted molar refractivity (Wildman–Crippen MR) is 78.8 cm³/mol. The van der Waals surface area contributed by atoms with Gasteiger partial charge in [-0.05, 0) is 0 Å². The maximum Gasteiger partial charge on any atom is 0.332 e. The normalized spacial score (nSPS) is 12.5. The van der Waals surface area contributed by atoms with Crippen molar-refractivity contribution in [2.24, 2.45) is 30.6 Å². The Morgan fingerprint density at radius 3 is 2.50 bits per heavy atom. The van der Waals surface area contributed by atoms with Crippen molar-refractivity contribution < 1.29 is 10.2 Å². The first kappa shape index (κ1) is 15.7. The van der Waals surface area contributed by atoms with Crippen LogP contribution in [0.25, 0.3) is 11.2 Å². The molecule has 0 saturated heterocycles. The van der Waals surface area contributed by atoms with Crippen molar-refractivity contribution in [2.45, 2.75) is 12.6 Å². The molecule has 1 atom stereocenters. The molecule has 120 valence electrons. The highest BCUT2D eigenvalue weighted by atomic mass is 16.3. The summed E-state index contributed by atoms with van der Waals surface area (Å²) in [6.07, 6.45) is -1.15. The van der Waals surface area contributed by atoms with Crippen LogP contribution in [0, 0.1) is 0 Å². The smallest absolute Gasteiger partial charge is 0.332 e. The summed E-state index contributed by atoms with van der Waals surface area (Å²) in [5, 5.41) is 18.6. The number of nitrogens with two attached hydrogens (primary N) is 2. The molecule has 2 aromatic heterocycles. The molecule has 0 saturated carbocycles. The molecule has 2 heterocycles. The molecule has 0 fully saturated rings. The number of aromatic nitrogens is 4. The van der Waals surface area contributed by atoms with Crippen molar-refractivity contribution in [1.29, 1.82) is 0 Å². The number of aliphatic imine (C=N–C) groups is 1. The summed E-state index contributed by atoms with van der Waals surface area (Å²) in [6.45, 7) is -0.681. The van der Waals surface area contributed by atoms with E-state index in [1.807, 2.05) is 0 Å². The molecule has 2 rings (SSSR count). The van der Waals surface area contributed by atoms with Crippen LogP contribution in [-0.2, 0) is 20.6 Å². The second kappa shape index (κ2) is 5.61. The highest BCUT2D eigenvalue weighted by Crippen LogP contribution is 2.18. The van der Waals surface area contributed by atoms with Crippen LogP contribution in [0.2, 0.25) is 0 Å². The lowest BCUT2D eigenvalue weighted by molar-refractivity contribution is 0.0824. The zero-order chi connectivity index (χ0) is 16.6. The van der Waals surface area contributed by atoms with E-state index in [2.05, 4.69) is 9.98 Å². The molecule has 11 nitrogen and oxygen atoms in total. The fraction of sp³-hybridized carbons (Fsp3) is 0.455. The number of aryl methyl sites for hydroxylation is 1. The fourth-order valence-corrected chi connectivity index (χ4v) is 2.08. The number of hydrogen-bond donors (Lipinski definition) is 4. The maximum atomic E-state index is 12.3. The van der Waals surface area contributed by atoms with Crippen LogP contribution in [-0.4, -0.2) is 47.6 Å². The van der Waals surface area contributed by atoms with E-state index in [0.717, 1.165) is 4.57 Å². The van der Waals surface area contributed by atoms with Gasteiger partial charge in [0.15, 0.2) is 17.1 Å². The molecule has 0 aliphatic rings. The minimum Gasteiger partial charge on any atom is -0.394 e. The topological polar surface area (TPSA) is 167 Å². The van der Waals surface area contributed by atoms with Gasteiger partial charge in [0.25, 0.3) is 5.56 Å². The van der Waals surface area contributed by atoms with Gasteiger partial charge in [0, 0.05) is 14.1 Å². The molecule has 22 heavy (non-hydrogen) atoms. The first-order valence-electron chi connectivity index (χ1n) is 6.32. The Bertz CT molecular complexity index is 856. The monoisotopic (exact) mass is 311 g/mol. The van der Waals surface area contributed by atoms with Gasteiger partial charge in [0.05, 0.1) is 19.3 Å². The van der Waals surface area contributed by atoms with Gasteiger partial charge in [-0.25, -0.2) is 4.79 Å². The molecule has 0 radical (unpaired) electrons. The number of aliphatic hydroxyl groups excluding tert-OH is 2. The Labute approximate surface area is 123 Å². The third-order valence-corrected chi connectivity index (χ3v) is 3.16. The molecule has 2 aromatic rings. The van der Waals surface area contributed by atoms with E-state index in [1.54, 1.807) is 0 Å². The summed E-state index contributed by atoms with van der Waals surface area (Å²) in [6, 6.07) is 0. The van der Waals surface area contributed by atoms with E-state index in [9.17, 15) is 14.7 Å². The Hall–Kier alpha value is -2.66. The second-order valence-corrected chi connectivity index (χ2v) is 4.77. The van der Waals surface area contributed by atoms with Gasteiger partial charge in [-0.2, -0.15) is 9.98 Å². The number of aliphatic hydroxyl groups is 2. The molecule has 0 amide bonds. The molecule has 0 spiro atoms. The number of nitrogens with zero attached hydrogens (tertiary/aromatic N) is 5. The Kier molecular flexibility index (Phi) is 4.01. The highest BCUT2D eigenvalue weighted by molar-refractivity contribution is 5.80. The van der Waals surface area contributed by atoms with Crippen molar-refractivity contribution in [3.8, 4) is 0 Å². The van der Waals surface area contributed by atoms with E-state index in [4.69, 9.17) is 16.6 Å². The van der Waals surface area contributed by atoms with E-state index < -0.39 is 24.0 Å². The number of fused-ring (bicyclic) bond motifs is 1. The molecule has 6 N–H and O–H groups in total. The van der Waals surface area contributed by atoms with Crippen LogP contribution in [0.5, 0.6) is 0 Å². The number of hydrogen-bond acceptors (Lipinski definition) is 6. The minimum absolute atomic E-state index is 0.0409. The average molecular weight is 311 g/mol. The van der Waals surface area contributed by atoms with Crippen molar-refractivity contribution in [3.05, 3.63) is 20.8 Å². The third-order valence-electron chi connectivity index (χ3n) is 3.16. The third kappa shape index (κ3) is 2.46. The summed E-state index contributed by atoms with van der Waals surface area (Å²) in [7, 11) is 2.77. The minimum atomic E-state index is -1.15. The Morgan fingerprint density at radius 2 is 1.95 bits per heavy atom. The second-order valence-electron chi connectivity index (χ2n) is 4.77. The standard InChI is InChI=1S/C11H17N7O4/c1-16-7-6(8(21)17(2)11(16)22)18(3-5(20)4-19)10(14-7)15-9(12)13/h5,19-20H,3-4H2,1-2H3,(H4,12,13,14,15). The van der Waals surface area contributed by atoms with Crippen LogP contribution >= 0.6 is 0 Å². The largest absolute Gasteiger partial charge is 0.394 e. The zero-order valence-electron chi connectivity index (χ0n) is 12.1. The number of imidazole rings is 1. The van der Waals surface area contributed by atoms with Crippen LogP contribution in [0.1, 0.15) is 0 Å². The van der Waals surface area contributed by atoms with Crippen molar-refractivity contribution in [2.75, 3.05) is 6.61 Å². The fourth-order valence-electron chi connectivity index (χ4n) is 2.08. The van der Waals surface area contributed by atoms with Crippen LogP contribution < -0.4 is 22.7 Å². The van der Waals surface area contributed by atoms with E-state index in [-0.39, 0.29) is 29.6 Å². The zero-order valence-corrected chi connectivity index (χ0v) is 12.1. The molecule has 0 aliphatic carbocycles. The van der Waals surface area contributed by atoms with Crippen LogP contribution in [0.15, 0.2) is 14.6 Å². The van der Waals surface area contributed by atoms with Crippen molar-refractivity contribution in [3.63, 3.8) is 0 Å². The van der Waals surface area contributed by atoms with Gasteiger partial charge in [-0.1, -0.05) is 0 Å². The SMILES string of the molecule is Cn1c(=O)c2c(nc(N=C(N)N)n2CC(O)CO)n(C)c1=O. The van der Waals surface area contributed by atoms with E-state index >= 15 is 0 Å². The molecular weight excluding hydrogens is 294 g/mol. The summed E-state index contributed by atoms with van der Waals surface area (Å²) in [4.78, 5) is 32.1. The first-order chi connectivity index (χ1) is 10.3. The molecule has 1 unspecified atom stereocenters. The van der Waals surface area contributed by atoms with Crippen molar-refractivity contribution >= 4 is 23.1 Å². The summed E-state index contributed by atoms with van der Waals surface area (Å²) in [5.74, 6) is -0.335. The molecular formula is C11H17N7O4. The quantitative estimate of drug-likeness (QED) is 0.338. The number of rotatable bonds is 4. The number of guanidine groups is 1. The van der Waals surface area contributed by atoms with Crippen LogP contribution in [0.3, 0.4) is 0 Å². The van der Waals surface area contributed by atoms with Crippen LogP contribution in [0.4, 0.5) is 5.95 Å². The Morgan fingerprint density at radius 1 is 1.32 bits per heavy atom. The van der Waals surface area contributed by atoms with Gasteiger partial charge in [-0.3, -0.25) is 18.5 Å². The predicted octanol–water partition coefficient (Wildman–Crippen LogP) is -3.31. The highest BCUT2D eigenvalue weighted by Gasteiger charge is 2.20. The van der Waals surface area contributed by atoms with E-state index in [0.29, 0.717) is 0 Å². The Balaban J connectivity index is 2.91. The summed E-state index contributed by atoms with van der Waals surface area (Å²) in [5.41, 5.74) is 9.63. The van der Waals surface area contributed by atoms with Crippen molar-refractivity contribution in [1.82, 2.24) is 18.7 Å². The van der Waals surface area contributed by atoms with Gasteiger partial charge >= 0.3 is 5.69 Å². The molecule has 0 bridgehead atoms. The van der Waals surface area contributed by atoms with Gasteiger partial charge in [-0.15, -0.1) is 0 Å². The first-order valence-corrected chi connectivity index (χ1v) is 6.32. The molecule has 0 aromatic carbocycles. The molecule has 0 aliphatic heterocycles. The van der Waals surface area contributed by atoms with Gasteiger partial charge in [0.1, 0.15) is 0 Å². The van der Waals surface area contributed by atoms with Gasteiger partial charge in [0.2, 0.25) is 5.95 Å². The summed E-state index contributed by atoms with van der Waals surface area (Å²) >= 11 is 0. The maximum absolute atomic E-state index is 12.3. The average Bonchev–Trinajstić information content (AvgIpc) is 2.80. The summed E-state index contributed by atoms with van der Waals surface area (Å²) < 4.78 is 3.34. The lowest BCUT2D eigenvalue weighted by atomic mass is 10.3. The lowest BCUT2D eigenvalue weighted by Gasteiger charge is -2.11. The lowest BCUT2D eigenvalue weighted by Crippen LogP contribution is -2.38. The van der Waals surface area contributed by atoms with E-state index in [1.165, 1.54) is 23.2 Å².